The lowest BCUT2D eigenvalue weighted by Crippen LogP contribution is -2.16. The summed E-state index contributed by atoms with van der Waals surface area (Å²) in [4.78, 5) is 2.11. The van der Waals surface area contributed by atoms with Gasteiger partial charge in [-0.2, -0.15) is 5.26 Å². The van der Waals surface area contributed by atoms with E-state index in [0.29, 0.717) is 17.1 Å². The first-order chi connectivity index (χ1) is 10.2. The minimum absolute atomic E-state index is 0.674. The fourth-order valence-electron chi connectivity index (χ4n) is 2.11. The summed E-state index contributed by atoms with van der Waals surface area (Å²) in [6, 6.07) is 15.6. The van der Waals surface area contributed by atoms with E-state index in [1.54, 1.807) is 14.2 Å². The normalized spacial score (nSPS) is 9.81. The van der Waals surface area contributed by atoms with Crippen molar-refractivity contribution in [1.82, 2.24) is 0 Å². The van der Waals surface area contributed by atoms with E-state index in [0.717, 1.165) is 17.8 Å². The van der Waals surface area contributed by atoms with E-state index in [1.165, 1.54) is 0 Å². The fraction of sp³-hybridized carbons (Fsp3) is 0.235. The maximum Gasteiger partial charge on any atom is 0.162 e. The molecule has 4 heteroatoms. The molecule has 0 saturated carbocycles. The first-order valence-corrected chi connectivity index (χ1v) is 6.60. The second kappa shape index (κ2) is 6.67. The van der Waals surface area contributed by atoms with Crippen LogP contribution in [-0.2, 0) is 6.54 Å². The van der Waals surface area contributed by atoms with Crippen molar-refractivity contribution in [2.24, 2.45) is 0 Å². The Bertz CT molecular complexity index is 645. The molecule has 0 atom stereocenters. The van der Waals surface area contributed by atoms with Crippen LogP contribution in [0.1, 0.15) is 11.1 Å². The number of nitrogens with zero attached hydrogens (tertiary/aromatic N) is 2. The number of ether oxygens (including phenoxy) is 2. The van der Waals surface area contributed by atoms with Crippen LogP contribution >= 0.6 is 0 Å². The molecule has 0 spiro atoms. The Morgan fingerprint density at radius 1 is 1.00 bits per heavy atom. The highest BCUT2D eigenvalue weighted by atomic mass is 16.5. The van der Waals surface area contributed by atoms with Gasteiger partial charge in [-0.05, 0) is 29.8 Å². The number of methoxy groups -OCH3 is 2. The highest BCUT2D eigenvalue weighted by Crippen LogP contribution is 2.31. The molecule has 0 aliphatic carbocycles. The van der Waals surface area contributed by atoms with Crippen molar-refractivity contribution in [3.63, 3.8) is 0 Å². The molecule has 0 aliphatic heterocycles. The van der Waals surface area contributed by atoms with E-state index < -0.39 is 0 Å². The Labute approximate surface area is 125 Å². The van der Waals surface area contributed by atoms with Crippen molar-refractivity contribution >= 4 is 5.69 Å². The first kappa shape index (κ1) is 14.7. The lowest BCUT2D eigenvalue weighted by atomic mass is 10.1. The molecule has 0 aliphatic rings. The monoisotopic (exact) mass is 282 g/mol. The summed E-state index contributed by atoms with van der Waals surface area (Å²) in [6.07, 6.45) is 0. The summed E-state index contributed by atoms with van der Waals surface area (Å²) in [6.45, 7) is 0.751. The zero-order chi connectivity index (χ0) is 15.2. The Hall–Kier alpha value is -2.67. The van der Waals surface area contributed by atoms with Gasteiger partial charge in [-0.25, -0.2) is 0 Å². The molecule has 0 bridgehead atoms. The van der Waals surface area contributed by atoms with Crippen molar-refractivity contribution < 1.29 is 9.47 Å². The minimum Gasteiger partial charge on any atom is -0.493 e. The van der Waals surface area contributed by atoms with Gasteiger partial charge in [0.15, 0.2) is 11.5 Å². The lowest BCUT2D eigenvalue weighted by Gasteiger charge is -2.21. The van der Waals surface area contributed by atoms with Gasteiger partial charge in [0, 0.05) is 25.3 Å². The molecule has 0 saturated heterocycles. The third kappa shape index (κ3) is 3.46. The summed E-state index contributed by atoms with van der Waals surface area (Å²) >= 11 is 0. The van der Waals surface area contributed by atoms with Crippen LogP contribution in [0.4, 0.5) is 5.69 Å². The van der Waals surface area contributed by atoms with Crippen LogP contribution in [0.3, 0.4) is 0 Å². The smallest absolute Gasteiger partial charge is 0.162 e. The molecule has 108 valence electrons. The van der Waals surface area contributed by atoms with Gasteiger partial charge in [-0.1, -0.05) is 12.1 Å². The quantitative estimate of drug-likeness (QED) is 0.844. The van der Waals surface area contributed by atoms with Gasteiger partial charge in [-0.3, -0.25) is 0 Å². The van der Waals surface area contributed by atoms with E-state index in [9.17, 15) is 0 Å². The van der Waals surface area contributed by atoms with E-state index in [-0.39, 0.29) is 0 Å². The largest absolute Gasteiger partial charge is 0.493 e. The van der Waals surface area contributed by atoms with Gasteiger partial charge in [0.2, 0.25) is 0 Å². The molecule has 2 aromatic carbocycles. The Morgan fingerprint density at radius 2 is 1.67 bits per heavy atom. The van der Waals surface area contributed by atoms with Gasteiger partial charge in [0.1, 0.15) is 0 Å². The molecule has 0 N–H and O–H groups in total. The molecule has 0 unspecified atom stereocenters. The van der Waals surface area contributed by atoms with Crippen LogP contribution in [0, 0.1) is 11.3 Å². The second-order valence-corrected chi connectivity index (χ2v) is 4.70. The lowest BCUT2D eigenvalue weighted by molar-refractivity contribution is 0.355. The van der Waals surface area contributed by atoms with Crippen molar-refractivity contribution in [3.05, 3.63) is 53.6 Å². The van der Waals surface area contributed by atoms with Crippen molar-refractivity contribution in [2.75, 3.05) is 26.2 Å². The summed E-state index contributed by atoms with van der Waals surface area (Å²) in [5, 5.41) is 8.81. The molecule has 2 rings (SSSR count). The summed E-state index contributed by atoms with van der Waals surface area (Å²) in [7, 11) is 5.26. The maximum absolute atomic E-state index is 8.81. The van der Waals surface area contributed by atoms with Crippen LogP contribution < -0.4 is 14.4 Å². The number of nitriles is 1. The van der Waals surface area contributed by atoms with Crippen molar-refractivity contribution in [2.45, 2.75) is 6.54 Å². The number of hydrogen-bond acceptors (Lipinski definition) is 4. The molecule has 0 amide bonds. The summed E-state index contributed by atoms with van der Waals surface area (Å²) in [5.41, 5.74) is 2.86. The van der Waals surface area contributed by atoms with Gasteiger partial charge in [0.25, 0.3) is 0 Å². The zero-order valence-electron chi connectivity index (χ0n) is 12.5. The van der Waals surface area contributed by atoms with Crippen LogP contribution in [0.25, 0.3) is 0 Å². The first-order valence-electron chi connectivity index (χ1n) is 6.60. The van der Waals surface area contributed by atoms with E-state index in [2.05, 4.69) is 11.0 Å². The molecule has 0 aromatic heterocycles. The molecule has 21 heavy (non-hydrogen) atoms. The molecular weight excluding hydrogens is 264 g/mol. The van der Waals surface area contributed by atoms with Crippen LogP contribution in [0.15, 0.2) is 42.5 Å². The van der Waals surface area contributed by atoms with Crippen LogP contribution in [0.5, 0.6) is 11.5 Å². The highest BCUT2D eigenvalue weighted by molar-refractivity contribution is 5.56. The molecular formula is C17H18N2O2. The standard InChI is InChI=1S/C17H18N2O2/c1-19(12-14-6-4-13(11-18)5-7-14)15-8-9-16(20-2)17(10-15)21-3/h4-10H,12H2,1-3H3. The predicted molar refractivity (Wildman–Crippen MR) is 82.8 cm³/mol. The molecule has 2 aromatic rings. The van der Waals surface area contributed by atoms with E-state index in [4.69, 9.17) is 14.7 Å². The van der Waals surface area contributed by atoms with Crippen molar-refractivity contribution in [3.8, 4) is 17.6 Å². The topological polar surface area (TPSA) is 45.5 Å². The number of hydrogen-bond donors (Lipinski definition) is 0. The second-order valence-electron chi connectivity index (χ2n) is 4.70. The van der Waals surface area contributed by atoms with E-state index in [1.807, 2.05) is 49.5 Å². The third-order valence-electron chi connectivity index (χ3n) is 3.31. The average molecular weight is 282 g/mol. The molecule has 0 radical (unpaired) electrons. The van der Waals surface area contributed by atoms with Gasteiger partial charge in [-0.15, -0.1) is 0 Å². The van der Waals surface area contributed by atoms with Gasteiger partial charge >= 0.3 is 0 Å². The maximum atomic E-state index is 8.81. The summed E-state index contributed by atoms with van der Waals surface area (Å²) < 4.78 is 10.6. The molecule has 0 heterocycles. The van der Waals surface area contributed by atoms with Gasteiger partial charge < -0.3 is 14.4 Å². The fourth-order valence-corrected chi connectivity index (χ4v) is 2.11. The average Bonchev–Trinajstić information content (AvgIpc) is 2.54. The Balaban J connectivity index is 2.15. The molecule has 0 fully saturated rings. The van der Waals surface area contributed by atoms with E-state index >= 15 is 0 Å². The Morgan fingerprint density at radius 3 is 2.24 bits per heavy atom. The SMILES string of the molecule is COc1ccc(N(C)Cc2ccc(C#N)cc2)cc1OC. The number of anilines is 1. The highest BCUT2D eigenvalue weighted by Gasteiger charge is 2.08. The predicted octanol–water partition coefficient (Wildman–Crippen LogP) is 3.21. The zero-order valence-corrected chi connectivity index (χ0v) is 12.5. The number of benzene rings is 2. The Kier molecular flexibility index (Phi) is 4.68. The number of rotatable bonds is 5. The van der Waals surface area contributed by atoms with Crippen LogP contribution in [0.2, 0.25) is 0 Å². The third-order valence-corrected chi connectivity index (χ3v) is 3.31. The molecule has 4 nitrogen and oxygen atoms in total. The van der Waals surface area contributed by atoms with Crippen LogP contribution in [-0.4, -0.2) is 21.3 Å². The minimum atomic E-state index is 0.674. The van der Waals surface area contributed by atoms with Crippen molar-refractivity contribution in [1.29, 1.82) is 5.26 Å². The van der Waals surface area contributed by atoms with Gasteiger partial charge in [0.05, 0.1) is 25.9 Å². The summed E-state index contributed by atoms with van der Waals surface area (Å²) in [5.74, 6) is 1.43.